The maximum atomic E-state index is 11.2. The topological polar surface area (TPSA) is 64.1 Å². The lowest BCUT2D eigenvalue weighted by atomic mass is 10.2. The van der Waals surface area contributed by atoms with Crippen molar-refractivity contribution in [2.45, 2.75) is 39.7 Å². The van der Waals surface area contributed by atoms with E-state index < -0.39 is 0 Å². The van der Waals surface area contributed by atoms with Gasteiger partial charge in [0.1, 0.15) is 0 Å². The first kappa shape index (κ1) is 12.5. The molecule has 1 heterocycles. The third-order valence-electron chi connectivity index (χ3n) is 2.24. The van der Waals surface area contributed by atoms with Gasteiger partial charge in [0, 0.05) is 17.8 Å². The minimum atomic E-state index is -0.230. The highest BCUT2D eigenvalue weighted by atomic mass is 16.5. The second-order valence-electron chi connectivity index (χ2n) is 3.88. The van der Waals surface area contributed by atoms with E-state index >= 15 is 0 Å². The van der Waals surface area contributed by atoms with Gasteiger partial charge in [0.2, 0.25) is 0 Å². The standard InChI is InChI=1S/C11H18N2O3/c1-4-16-11(15)6-5-9-7-10(14)12-13(9)8(2)3/h7-8H,4-6H2,1-3H3,(H,12,14). The molecule has 0 aromatic carbocycles. The fraction of sp³-hybridized carbons (Fsp3) is 0.636. The molecule has 0 atom stereocenters. The van der Waals surface area contributed by atoms with Crippen LogP contribution in [-0.2, 0) is 16.0 Å². The van der Waals surface area contributed by atoms with Crippen molar-refractivity contribution in [1.82, 2.24) is 9.78 Å². The number of nitrogens with zero attached hydrogens (tertiary/aromatic N) is 1. The quantitative estimate of drug-likeness (QED) is 0.768. The number of ether oxygens (including phenoxy) is 1. The average Bonchev–Trinajstić information content (AvgIpc) is 2.57. The predicted molar refractivity (Wildman–Crippen MR) is 60.4 cm³/mol. The molecule has 0 saturated heterocycles. The van der Waals surface area contributed by atoms with Crippen molar-refractivity contribution in [3.05, 3.63) is 22.1 Å². The van der Waals surface area contributed by atoms with E-state index in [0.29, 0.717) is 19.4 Å². The van der Waals surface area contributed by atoms with Crippen LogP contribution in [0.1, 0.15) is 38.9 Å². The third kappa shape index (κ3) is 3.25. The summed E-state index contributed by atoms with van der Waals surface area (Å²) in [6.07, 6.45) is 0.827. The SMILES string of the molecule is CCOC(=O)CCc1cc(=O)[nH]n1C(C)C. The molecule has 0 fully saturated rings. The molecule has 1 aromatic rings. The summed E-state index contributed by atoms with van der Waals surface area (Å²) in [7, 11) is 0. The summed E-state index contributed by atoms with van der Waals surface area (Å²) < 4.78 is 6.61. The number of carbonyl (C=O) groups excluding carboxylic acids is 1. The summed E-state index contributed by atoms with van der Waals surface area (Å²) in [6, 6.07) is 1.71. The number of hydrogen-bond donors (Lipinski definition) is 1. The first-order chi connectivity index (χ1) is 7.54. The third-order valence-corrected chi connectivity index (χ3v) is 2.24. The Bertz CT molecular complexity index is 404. The van der Waals surface area contributed by atoms with Gasteiger partial charge in [-0.3, -0.25) is 19.4 Å². The fourth-order valence-corrected chi connectivity index (χ4v) is 1.56. The van der Waals surface area contributed by atoms with Crippen LogP contribution in [0.3, 0.4) is 0 Å². The number of aromatic amines is 1. The van der Waals surface area contributed by atoms with E-state index in [1.165, 1.54) is 6.07 Å². The second-order valence-corrected chi connectivity index (χ2v) is 3.88. The molecule has 16 heavy (non-hydrogen) atoms. The molecular formula is C11H18N2O3. The van der Waals surface area contributed by atoms with Crippen molar-refractivity contribution in [2.75, 3.05) is 6.61 Å². The van der Waals surface area contributed by atoms with Crippen LogP contribution in [0.5, 0.6) is 0 Å². The van der Waals surface area contributed by atoms with Crippen LogP contribution in [0.2, 0.25) is 0 Å². The van der Waals surface area contributed by atoms with Gasteiger partial charge in [-0.1, -0.05) is 0 Å². The second kappa shape index (κ2) is 5.53. The van der Waals surface area contributed by atoms with Gasteiger partial charge in [-0.15, -0.1) is 0 Å². The minimum Gasteiger partial charge on any atom is -0.466 e. The van der Waals surface area contributed by atoms with E-state index in [0.717, 1.165) is 5.69 Å². The molecule has 0 unspecified atom stereocenters. The predicted octanol–water partition coefficient (Wildman–Crippen LogP) is 1.25. The highest BCUT2D eigenvalue weighted by Crippen LogP contribution is 2.08. The van der Waals surface area contributed by atoms with Crippen molar-refractivity contribution < 1.29 is 9.53 Å². The molecule has 1 rings (SSSR count). The number of aryl methyl sites for hydroxylation is 1. The van der Waals surface area contributed by atoms with E-state index in [4.69, 9.17) is 4.74 Å². The molecule has 1 aromatic heterocycles. The summed E-state index contributed by atoms with van der Waals surface area (Å²) in [5, 5.41) is 2.71. The number of hydrogen-bond acceptors (Lipinski definition) is 3. The highest BCUT2D eigenvalue weighted by Gasteiger charge is 2.10. The van der Waals surface area contributed by atoms with Gasteiger partial charge < -0.3 is 4.74 Å². The molecule has 0 aliphatic rings. The molecule has 0 radical (unpaired) electrons. The molecule has 0 aliphatic heterocycles. The van der Waals surface area contributed by atoms with Crippen LogP contribution in [0.25, 0.3) is 0 Å². The molecule has 90 valence electrons. The maximum Gasteiger partial charge on any atom is 0.306 e. The Balaban J connectivity index is 2.66. The van der Waals surface area contributed by atoms with Crippen LogP contribution in [0.15, 0.2) is 10.9 Å². The van der Waals surface area contributed by atoms with Gasteiger partial charge in [-0.2, -0.15) is 0 Å². The largest absolute Gasteiger partial charge is 0.466 e. The normalized spacial score (nSPS) is 10.8. The van der Waals surface area contributed by atoms with Gasteiger partial charge in [0.15, 0.2) is 0 Å². The highest BCUT2D eigenvalue weighted by molar-refractivity contribution is 5.69. The molecule has 1 N–H and O–H groups in total. The van der Waals surface area contributed by atoms with E-state index in [2.05, 4.69) is 5.10 Å². The molecule has 0 bridgehead atoms. The lowest BCUT2D eigenvalue weighted by molar-refractivity contribution is -0.143. The van der Waals surface area contributed by atoms with Crippen molar-refractivity contribution >= 4 is 5.97 Å². The van der Waals surface area contributed by atoms with Crippen LogP contribution in [-0.4, -0.2) is 22.4 Å². The molecule has 0 aliphatic carbocycles. The van der Waals surface area contributed by atoms with Crippen LogP contribution >= 0.6 is 0 Å². The molecule has 5 heteroatoms. The number of esters is 1. The average molecular weight is 226 g/mol. The van der Waals surface area contributed by atoms with Gasteiger partial charge in [0.05, 0.1) is 13.0 Å². The zero-order valence-electron chi connectivity index (χ0n) is 9.95. The number of aromatic nitrogens is 2. The smallest absolute Gasteiger partial charge is 0.306 e. The lowest BCUT2D eigenvalue weighted by Gasteiger charge is -2.11. The number of rotatable bonds is 5. The first-order valence-corrected chi connectivity index (χ1v) is 5.50. The monoisotopic (exact) mass is 226 g/mol. The Kier molecular flexibility index (Phi) is 4.34. The summed E-state index contributed by atoms with van der Waals surface area (Å²) in [4.78, 5) is 22.4. The summed E-state index contributed by atoms with van der Waals surface area (Å²) in [6.45, 7) is 6.12. The molecule has 5 nitrogen and oxygen atoms in total. The summed E-state index contributed by atoms with van der Waals surface area (Å²) >= 11 is 0. The van der Waals surface area contributed by atoms with Crippen molar-refractivity contribution in [1.29, 1.82) is 0 Å². The molecule has 0 spiro atoms. The van der Waals surface area contributed by atoms with Gasteiger partial charge in [0.25, 0.3) is 5.56 Å². The van der Waals surface area contributed by atoms with Crippen LogP contribution < -0.4 is 5.56 Å². The maximum absolute atomic E-state index is 11.2. The number of H-pyrrole nitrogens is 1. The summed E-state index contributed by atoms with van der Waals surface area (Å²) in [5.41, 5.74) is 0.709. The van der Waals surface area contributed by atoms with Crippen molar-refractivity contribution in [3.8, 4) is 0 Å². The van der Waals surface area contributed by atoms with Gasteiger partial charge >= 0.3 is 5.97 Å². The van der Waals surface area contributed by atoms with Crippen LogP contribution in [0, 0.1) is 0 Å². The summed E-state index contributed by atoms with van der Waals surface area (Å²) in [5.74, 6) is -0.230. The van der Waals surface area contributed by atoms with Crippen molar-refractivity contribution in [2.24, 2.45) is 0 Å². The van der Waals surface area contributed by atoms with E-state index in [1.807, 2.05) is 13.8 Å². The zero-order valence-corrected chi connectivity index (χ0v) is 9.95. The first-order valence-electron chi connectivity index (χ1n) is 5.50. The number of nitrogens with one attached hydrogen (secondary N) is 1. The Morgan fingerprint density at radius 2 is 2.25 bits per heavy atom. The van der Waals surface area contributed by atoms with Crippen LogP contribution in [0.4, 0.5) is 0 Å². The van der Waals surface area contributed by atoms with E-state index in [9.17, 15) is 9.59 Å². The Labute approximate surface area is 94.4 Å². The lowest BCUT2D eigenvalue weighted by Crippen LogP contribution is -2.12. The van der Waals surface area contributed by atoms with E-state index in [-0.39, 0.29) is 17.6 Å². The minimum absolute atomic E-state index is 0.132. The molecular weight excluding hydrogens is 208 g/mol. The fourth-order valence-electron chi connectivity index (χ4n) is 1.56. The molecule has 0 amide bonds. The van der Waals surface area contributed by atoms with E-state index in [1.54, 1.807) is 11.6 Å². The zero-order chi connectivity index (χ0) is 12.1. The van der Waals surface area contributed by atoms with Crippen molar-refractivity contribution in [3.63, 3.8) is 0 Å². The number of carbonyl (C=O) groups is 1. The van der Waals surface area contributed by atoms with Gasteiger partial charge in [-0.25, -0.2) is 0 Å². The van der Waals surface area contributed by atoms with Gasteiger partial charge in [-0.05, 0) is 27.2 Å². The Hall–Kier alpha value is -1.52. The molecule has 0 saturated carbocycles. The Morgan fingerprint density at radius 1 is 1.56 bits per heavy atom. The Morgan fingerprint density at radius 3 is 2.81 bits per heavy atom.